The van der Waals surface area contributed by atoms with Crippen molar-refractivity contribution in [3.63, 3.8) is 0 Å². The van der Waals surface area contributed by atoms with Gasteiger partial charge in [0.05, 0.1) is 12.6 Å². The highest BCUT2D eigenvalue weighted by Gasteiger charge is 2.06. The van der Waals surface area contributed by atoms with Gasteiger partial charge in [-0.25, -0.2) is 0 Å². The first-order valence-corrected chi connectivity index (χ1v) is 5.57. The summed E-state index contributed by atoms with van der Waals surface area (Å²) in [5.41, 5.74) is 2.36. The monoisotopic (exact) mass is 231 g/mol. The van der Waals surface area contributed by atoms with Crippen LogP contribution >= 0.6 is 0 Å². The summed E-state index contributed by atoms with van der Waals surface area (Å²) < 4.78 is 0. The third-order valence-electron chi connectivity index (χ3n) is 2.51. The summed E-state index contributed by atoms with van der Waals surface area (Å²) >= 11 is 0. The number of nitriles is 1. The highest BCUT2D eigenvalue weighted by atomic mass is 16.1. The number of benzene rings is 1. The normalized spacial score (nSPS) is 11.6. The van der Waals surface area contributed by atoms with E-state index in [1.54, 1.807) is 0 Å². The van der Waals surface area contributed by atoms with Crippen LogP contribution in [0.15, 0.2) is 24.3 Å². The van der Waals surface area contributed by atoms with Gasteiger partial charge >= 0.3 is 0 Å². The molecule has 0 radical (unpaired) electrons. The molecule has 1 aromatic rings. The Morgan fingerprint density at radius 2 is 2.06 bits per heavy atom. The third kappa shape index (κ3) is 4.66. The van der Waals surface area contributed by atoms with E-state index in [1.165, 1.54) is 5.56 Å². The van der Waals surface area contributed by atoms with E-state index in [1.807, 2.05) is 44.2 Å². The summed E-state index contributed by atoms with van der Waals surface area (Å²) in [6.07, 6.45) is 0. The standard InChI is InChI=1S/C13H17N3O/c1-10-3-5-12(6-4-10)11(2)16-9-13(17)15-8-7-14/h3-6,11,16H,8-9H2,1-2H3,(H,15,17). The van der Waals surface area contributed by atoms with E-state index in [0.717, 1.165) is 5.56 Å². The lowest BCUT2D eigenvalue weighted by molar-refractivity contribution is -0.120. The van der Waals surface area contributed by atoms with Gasteiger partial charge in [-0.05, 0) is 19.4 Å². The van der Waals surface area contributed by atoms with Crippen LogP contribution in [-0.4, -0.2) is 19.0 Å². The molecule has 1 aromatic carbocycles. The fourth-order valence-electron chi connectivity index (χ4n) is 1.42. The minimum atomic E-state index is -0.162. The van der Waals surface area contributed by atoms with Crippen molar-refractivity contribution >= 4 is 5.91 Å². The predicted molar refractivity (Wildman–Crippen MR) is 66.2 cm³/mol. The summed E-state index contributed by atoms with van der Waals surface area (Å²) in [5, 5.41) is 13.9. The van der Waals surface area contributed by atoms with E-state index in [-0.39, 0.29) is 25.0 Å². The van der Waals surface area contributed by atoms with Gasteiger partial charge in [0.15, 0.2) is 0 Å². The molecule has 2 N–H and O–H groups in total. The first kappa shape index (κ1) is 13.2. The van der Waals surface area contributed by atoms with Crippen LogP contribution in [-0.2, 0) is 4.79 Å². The molecule has 1 amide bonds. The fraction of sp³-hybridized carbons (Fsp3) is 0.385. The Kier molecular flexibility index (Phi) is 5.18. The van der Waals surface area contributed by atoms with Gasteiger partial charge in [0.1, 0.15) is 6.54 Å². The van der Waals surface area contributed by atoms with Crippen molar-refractivity contribution in [3.8, 4) is 6.07 Å². The molecule has 1 rings (SSSR count). The van der Waals surface area contributed by atoms with Gasteiger partial charge in [-0.1, -0.05) is 29.8 Å². The number of hydrogen-bond acceptors (Lipinski definition) is 3. The number of carbonyl (C=O) groups is 1. The number of amides is 1. The fourth-order valence-corrected chi connectivity index (χ4v) is 1.42. The Hall–Kier alpha value is -1.86. The maximum Gasteiger partial charge on any atom is 0.234 e. The molecule has 0 aliphatic carbocycles. The summed E-state index contributed by atoms with van der Waals surface area (Å²) in [6.45, 7) is 4.32. The molecule has 4 nitrogen and oxygen atoms in total. The lowest BCUT2D eigenvalue weighted by Crippen LogP contribution is -2.35. The largest absolute Gasteiger partial charge is 0.342 e. The van der Waals surface area contributed by atoms with Crippen molar-refractivity contribution in [2.24, 2.45) is 0 Å². The summed E-state index contributed by atoms with van der Waals surface area (Å²) in [4.78, 5) is 11.3. The lowest BCUT2D eigenvalue weighted by Gasteiger charge is -2.13. The van der Waals surface area contributed by atoms with Gasteiger partial charge < -0.3 is 10.6 Å². The van der Waals surface area contributed by atoms with Crippen molar-refractivity contribution in [1.29, 1.82) is 5.26 Å². The molecule has 0 aliphatic rings. The molecule has 0 aliphatic heterocycles. The Bertz CT molecular complexity index is 406. The van der Waals surface area contributed by atoms with E-state index >= 15 is 0 Å². The van der Waals surface area contributed by atoms with E-state index in [2.05, 4.69) is 10.6 Å². The molecular formula is C13H17N3O. The Morgan fingerprint density at radius 3 is 2.65 bits per heavy atom. The van der Waals surface area contributed by atoms with Crippen LogP contribution in [0.5, 0.6) is 0 Å². The molecular weight excluding hydrogens is 214 g/mol. The zero-order valence-electron chi connectivity index (χ0n) is 10.2. The summed E-state index contributed by atoms with van der Waals surface area (Å²) in [6, 6.07) is 10.2. The van der Waals surface area contributed by atoms with Gasteiger partial charge in [0, 0.05) is 6.04 Å². The Morgan fingerprint density at radius 1 is 1.41 bits per heavy atom. The van der Waals surface area contributed by atoms with Gasteiger partial charge in [-0.2, -0.15) is 5.26 Å². The van der Waals surface area contributed by atoms with Crippen LogP contribution in [0.25, 0.3) is 0 Å². The van der Waals surface area contributed by atoms with Gasteiger partial charge in [-0.15, -0.1) is 0 Å². The molecule has 1 atom stereocenters. The van der Waals surface area contributed by atoms with E-state index in [9.17, 15) is 4.79 Å². The molecule has 0 bridgehead atoms. The van der Waals surface area contributed by atoms with Crippen LogP contribution in [0.3, 0.4) is 0 Å². The number of nitrogens with zero attached hydrogens (tertiary/aromatic N) is 1. The van der Waals surface area contributed by atoms with E-state index < -0.39 is 0 Å². The smallest absolute Gasteiger partial charge is 0.234 e. The number of rotatable bonds is 5. The second kappa shape index (κ2) is 6.66. The van der Waals surface area contributed by atoms with E-state index in [4.69, 9.17) is 5.26 Å². The van der Waals surface area contributed by atoms with Crippen LogP contribution in [0.2, 0.25) is 0 Å². The van der Waals surface area contributed by atoms with E-state index in [0.29, 0.717) is 0 Å². The van der Waals surface area contributed by atoms with Gasteiger partial charge in [-0.3, -0.25) is 4.79 Å². The number of nitrogens with one attached hydrogen (secondary N) is 2. The molecule has 0 heterocycles. The van der Waals surface area contributed by atoms with Crippen molar-refractivity contribution in [2.75, 3.05) is 13.1 Å². The third-order valence-corrected chi connectivity index (χ3v) is 2.51. The number of aryl methyl sites for hydroxylation is 1. The first-order chi connectivity index (χ1) is 8.13. The molecule has 0 aromatic heterocycles. The second-order valence-electron chi connectivity index (χ2n) is 3.95. The average Bonchev–Trinajstić information content (AvgIpc) is 2.34. The summed E-state index contributed by atoms with van der Waals surface area (Å²) in [7, 11) is 0. The van der Waals surface area contributed by atoms with Crippen LogP contribution in [0, 0.1) is 18.3 Å². The van der Waals surface area contributed by atoms with Crippen LogP contribution in [0.4, 0.5) is 0 Å². The van der Waals surface area contributed by atoms with Crippen LogP contribution < -0.4 is 10.6 Å². The maximum atomic E-state index is 11.3. The van der Waals surface area contributed by atoms with Gasteiger partial charge in [0.25, 0.3) is 0 Å². The number of hydrogen-bond donors (Lipinski definition) is 2. The Balaban J connectivity index is 2.39. The first-order valence-electron chi connectivity index (χ1n) is 5.57. The molecule has 0 saturated heterocycles. The average molecular weight is 231 g/mol. The highest BCUT2D eigenvalue weighted by Crippen LogP contribution is 2.12. The minimum Gasteiger partial charge on any atom is -0.342 e. The number of carbonyl (C=O) groups excluding carboxylic acids is 1. The SMILES string of the molecule is Cc1ccc(C(C)NCC(=O)NCC#N)cc1. The summed E-state index contributed by atoms with van der Waals surface area (Å²) in [5.74, 6) is -0.162. The van der Waals surface area contributed by atoms with Crippen molar-refractivity contribution in [3.05, 3.63) is 35.4 Å². The molecule has 0 saturated carbocycles. The zero-order valence-corrected chi connectivity index (χ0v) is 10.2. The Labute approximate surface area is 102 Å². The quantitative estimate of drug-likeness (QED) is 0.750. The van der Waals surface area contributed by atoms with Crippen molar-refractivity contribution in [2.45, 2.75) is 19.9 Å². The van der Waals surface area contributed by atoms with Crippen molar-refractivity contribution in [1.82, 2.24) is 10.6 Å². The molecule has 17 heavy (non-hydrogen) atoms. The topological polar surface area (TPSA) is 64.9 Å². The van der Waals surface area contributed by atoms with Crippen LogP contribution in [0.1, 0.15) is 24.1 Å². The molecule has 0 spiro atoms. The maximum absolute atomic E-state index is 11.3. The molecule has 90 valence electrons. The second-order valence-corrected chi connectivity index (χ2v) is 3.95. The highest BCUT2D eigenvalue weighted by molar-refractivity contribution is 5.78. The molecule has 0 fully saturated rings. The molecule has 1 unspecified atom stereocenters. The molecule has 4 heteroatoms. The van der Waals surface area contributed by atoms with Gasteiger partial charge in [0.2, 0.25) is 5.91 Å². The zero-order chi connectivity index (χ0) is 12.7. The minimum absolute atomic E-state index is 0.0550. The predicted octanol–water partition coefficient (Wildman–Crippen LogP) is 1.29. The lowest BCUT2D eigenvalue weighted by atomic mass is 10.1. The van der Waals surface area contributed by atoms with Crippen molar-refractivity contribution < 1.29 is 4.79 Å².